The van der Waals surface area contributed by atoms with Crippen molar-refractivity contribution in [2.75, 3.05) is 20.1 Å². The Morgan fingerprint density at radius 2 is 2.19 bits per heavy atom. The Kier molecular flexibility index (Phi) is 5.33. The van der Waals surface area contributed by atoms with Crippen LogP contribution in [0.1, 0.15) is 25.5 Å². The standard InChI is InChI=1S/C14H22N4O2S/c1-3-4-10-17(2)21(19,20)15-9-8-13-12-18-11-6-5-7-14(18)16-13/h5-7,11-12,15H,3-4,8-10H2,1-2H3. The molecular weight excluding hydrogens is 288 g/mol. The zero-order valence-corrected chi connectivity index (χ0v) is 13.3. The van der Waals surface area contributed by atoms with Crippen molar-refractivity contribution in [2.45, 2.75) is 26.2 Å². The fourth-order valence-electron chi connectivity index (χ4n) is 2.03. The molecule has 21 heavy (non-hydrogen) atoms. The largest absolute Gasteiger partial charge is 0.307 e. The van der Waals surface area contributed by atoms with Crippen molar-refractivity contribution in [3.63, 3.8) is 0 Å². The molecule has 0 unspecified atom stereocenters. The molecule has 0 fully saturated rings. The molecule has 0 aliphatic carbocycles. The zero-order chi connectivity index (χ0) is 15.3. The van der Waals surface area contributed by atoms with Crippen LogP contribution in [-0.4, -0.2) is 42.2 Å². The number of pyridine rings is 1. The zero-order valence-electron chi connectivity index (χ0n) is 12.5. The summed E-state index contributed by atoms with van der Waals surface area (Å²) in [7, 11) is -1.78. The smallest absolute Gasteiger partial charge is 0.279 e. The second-order valence-electron chi connectivity index (χ2n) is 5.02. The van der Waals surface area contributed by atoms with Crippen molar-refractivity contribution >= 4 is 15.9 Å². The second-order valence-corrected chi connectivity index (χ2v) is 6.88. The van der Waals surface area contributed by atoms with E-state index >= 15 is 0 Å². The minimum Gasteiger partial charge on any atom is -0.307 e. The molecule has 0 saturated carbocycles. The van der Waals surface area contributed by atoms with Crippen LogP contribution in [0.4, 0.5) is 0 Å². The highest BCUT2D eigenvalue weighted by Gasteiger charge is 2.16. The maximum Gasteiger partial charge on any atom is 0.279 e. The lowest BCUT2D eigenvalue weighted by atomic mass is 10.3. The van der Waals surface area contributed by atoms with Gasteiger partial charge >= 0.3 is 0 Å². The maximum absolute atomic E-state index is 12.0. The topological polar surface area (TPSA) is 66.7 Å². The van der Waals surface area contributed by atoms with Gasteiger partial charge in [-0.2, -0.15) is 12.7 Å². The van der Waals surface area contributed by atoms with Crippen LogP contribution in [-0.2, 0) is 16.6 Å². The molecule has 0 spiro atoms. The van der Waals surface area contributed by atoms with Crippen LogP contribution in [0.25, 0.3) is 5.65 Å². The van der Waals surface area contributed by atoms with E-state index in [9.17, 15) is 8.42 Å². The SMILES string of the molecule is CCCCN(C)S(=O)(=O)NCCc1cn2ccccc2n1. The van der Waals surface area contributed by atoms with Crippen molar-refractivity contribution in [1.82, 2.24) is 18.4 Å². The summed E-state index contributed by atoms with van der Waals surface area (Å²) in [4.78, 5) is 4.44. The van der Waals surface area contributed by atoms with E-state index in [1.807, 2.05) is 41.9 Å². The summed E-state index contributed by atoms with van der Waals surface area (Å²) < 4.78 is 29.9. The highest BCUT2D eigenvalue weighted by atomic mass is 32.2. The molecule has 2 heterocycles. The van der Waals surface area contributed by atoms with Crippen LogP contribution < -0.4 is 4.72 Å². The minimum atomic E-state index is -3.38. The first-order valence-corrected chi connectivity index (χ1v) is 8.60. The van der Waals surface area contributed by atoms with Gasteiger partial charge in [-0.15, -0.1) is 0 Å². The van der Waals surface area contributed by atoms with Gasteiger partial charge in [0.2, 0.25) is 0 Å². The van der Waals surface area contributed by atoms with Gasteiger partial charge in [-0.3, -0.25) is 0 Å². The van der Waals surface area contributed by atoms with Crippen LogP contribution in [0, 0.1) is 0 Å². The van der Waals surface area contributed by atoms with Gasteiger partial charge in [-0.1, -0.05) is 19.4 Å². The lowest BCUT2D eigenvalue weighted by molar-refractivity contribution is 0.449. The molecular formula is C14H22N4O2S. The Hall–Kier alpha value is -1.44. The number of nitrogens with one attached hydrogen (secondary N) is 1. The second kappa shape index (κ2) is 7.02. The van der Waals surface area contributed by atoms with E-state index in [2.05, 4.69) is 9.71 Å². The number of unbranched alkanes of at least 4 members (excludes halogenated alkanes) is 1. The molecule has 0 aliphatic rings. The summed E-state index contributed by atoms with van der Waals surface area (Å²) in [5, 5.41) is 0. The third-order valence-electron chi connectivity index (χ3n) is 3.32. The summed E-state index contributed by atoms with van der Waals surface area (Å²) in [6.45, 7) is 2.93. The van der Waals surface area contributed by atoms with Crippen molar-refractivity contribution in [3.8, 4) is 0 Å². The third-order valence-corrected chi connectivity index (χ3v) is 4.89. The Morgan fingerprint density at radius 1 is 1.38 bits per heavy atom. The quantitative estimate of drug-likeness (QED) is 0.802. The summed E-state index contributed by atoms with van der Waals surface area (Å²) in [6.07, 6.45) is 6.26. The van der Waals surface area contributed by atoms with E-state index in [1.54, 1.807) is 7.05 Å². The maximum atomic E-state index is 12.0. The average Bonchev–Trinajstić information content (AvgIpc) is 2.87. The van der Waals surface area contributed by atoms with Crippen LogP contribution in [0.15, 0.2) is 30.6 Å². The molecule has 0 saturated heterocycles. The minimum absolute atomic E-state index is 0.350. The van der Waals surface area contributed by atoms with E-state index in [1.165, 1.54) is 4.31 Å². The Morgan fingerprint density at radius 3 is 2.90 bits per heavy atom. The van der Waals surface area contributed by atoms with E-state index in [0.29, 0.717) is 19.5 Å². The van der Waals surface area contributed by atoms with Gasteiger partial charge in [-0.05, 0) is 18.6 Å². The van der Waals surface area contributed by atoms with E-state index in [0.717, 1.165) is 24.2 Å². The number of hydrogen-bond acceptors (Lipinski definition) is 3. The first kappa shape index (κ1) is 15.9. The van der Waals surface area contributed by atoms with Gasteiger partial charge in [0.05, 0.1) is 5.69 Å². The van der Waals surface area contributed by atoms with Crippen LogP contribution >= 0.6 is 0 Å². The van der Waals surface area contributed by atoms with Crippen LogP contribution in [0.3, 0.4) is 0 Å². The normalized spacial score (nSPS) is 12.3. The lowest BCUT2D eigenvalue weighted by Crippen LogP contribution is -2.39. The number of rotatable bonds is 8. The van der Waals surface area contributed by atoms with Crippen molar-refractivity contribution in [3.05, 3.63) is 36.3 Å². The average molecular weight is 310 g/mol. The van der Waals surface area contributed by atoms with E-state index < -0.39 is 10.2 Å². The number of hydrogen-bond donors (Lipinski definition) is 1. The van der Waals surface area contributed by atoms with Gasteiger partial charge in [-0.25, -0.2) is 9.71 Å². The lowest BCUT2D eigenvalue weighted by Gasteiger charge is -2.16. The molecule has 0 aromatic carbocycles. The first-order chi connectivity index (χ1) is 10.0. The molecule has 0 aliphatic heterocycles. The van der Waals surface area contributed by atoms with Crippen molar-refractivity contribution in [1.29, 1.82) is 0 Å². The molecule has 0 radical (unpaired) electrons. The van der Waals surface area contributed by atoms with Gasteiger partial charge < -0.3 is 4.40 Å². The molecule has 2 rings (SSSR count). The molecule has 0 amide bonds. The van der Waals surface area contributed by atoms with Crippen LogP contribution in [0.5, 0.6) is 0 Å². The van der Waals surface area contributed by atoms with Gasteiger partial charge in [0.1, 0.15) is 5.65 Å². The van der Waals surface area contributed by atoms with Gasteiger partial charge in [0, 0.05) is 39.0 Å². The number of fused-ring (bicyclic) bond motifs is 1. The van der Waals surface area contributed by atoms with Crippen LogP contribution in [0.2, 0.25) is 0 Å². The molecule has 2 aromatic rings. The molecule has 116 valence electrons. The monoisotopic (exact) mass is 310 g/mol. The fraction of sp³-hybridized carbons (Fsp3) is 0.500. The molecule has 0 atom stereocenters. The Labute approximate surface area is 126 Å². The molecule has 1 N–H and O–H groups in total. The first-order valence-electron chi connectivity index (χ1n) is 7.16. The van der Waals surface area contributed by atoms with Gasteiger partial charge in [0.15, 0.2) is 0 Å². The molecule has 0 bridgehead atoms. The predicted octanol–water partition coefficient (Wildman–Crippen LogP) is 1.44. The molecule has 6 nitrogen and oxygen atoms in total. The van der Waals surface area contributed by atoms with E-state index in [-0.39, 0.29) is 0 Å². The number of aromatic nitrogens is 2. The van der Waals surface area contributed by atoms with Gasteiger partial charge in [0.25, 0.3) is 10.2 Å². The van der Waals surface area contributed by atoms with E-state index in [4.69, 9.17) is 0 Å². The highest BCUT2D eigenvalue weighted by molar-refractivity contribution is 7.87. The highest BCUT2D eigenvalue weighted by Crippen LogP contribution is 2.05. The molecule has 7 heteroatoms. The summed E-state index contributed by atoms with van der Waals surface area (Å²) in [5.41, 5.74) is 1.75. The Balaban J connectivity index is 1.88. The van der Waals surface area contributed by atoms with Crippen molar-refractivity contribution in [2.24, 2.45) is 0 Å². The Bertz CT molecular complexity index is 648. The summed E-state index contributed by atoms with van der Waals surface area (Å²) in [6, 6.07) is 5.79. The van der Waals surface area contributed by atoms with Crippen molar-refractivity contribution < 1.29 is 8.42 Å². The summed E-state index contributed by atoms with van der Waals surface area (Å²) >= 11 is 0. The fourth-order valence-corrected chi connectivity index (χ4v) is 2.98. The summed E-state index contributed by atoms with van der Waals surface area (Å²) in [5.74, 6) is 0. The number of imidazole rings is 1. The third kappa shape index (κ3) is 4.26. The number of nitrogens with zero attached hydrogens (tertiary/aromatic N) is 3. The predicted molar refractivity (Wildman–Crippen MR) is 83.4 cm³/mol. The molecule has 2 aromatic heterocycles.